The van der Waals surface area contributed by atoms with E-state index in [4.69, 9.17) is 23.4 Å². The average molecular weight is 639 g/mol. The molecule has 3 aromatic rings. The molecule has 1 saturated heterocycles. The molecule has 4 rings (SSSR count). The number of hydrogen-bond donors (Lipinski definition) is 0. The molecular formula is C34H46N2O8Si. The van der Waals surface area contributed by atoms with Crippen LogP contribution in [0.4, 0.5) is 0 Å². The van der Waals surface area contributed by atoms with Crippen LogP contribution in [0.3, 0.4) is 0 Å². The van der Waals surface area contributed by atoms with Gasteiger partial charge in [0, 0.05) is 12.3 Å². The van der Waals surface area contributed by atoms with E-state index < -0.39 is 37.4 Å². The van der Waals surface area contributed by atoms with Crippen molar-refractivity contribution >= 4 is 14.3 Å². The molecule has 11 heteroatoms. The molecule has 45 heavy (non-hydrogen) atoms. The minimum Gasteiger partial charge on any atom is -0.459 e. The summed E-state index contributed by atoms with van der Waals surface area (Å²) in [6.07, 6.45) is 0.494. The van der Waals surface area contributed by atoms with E-state index >= 15 is 0 Å². The number of hydrogen-bond acceptors (Lipinski definition) is 8. The molecule has 1 fully saturated rings. The number of ether oxygens (including phenoxy) is 4. The highest BCUT2D eigenvalue weighted by atomic mass is 28.4. The lowest BCUT2D eigenvalue weighted by Gasteiger charge is -2.46. The van der Waals surface area contributed by atoms with Crippen LogP contribution in [0, 0.1) is 0 Å². The van der Waals surface area contributed by atoms with E-state index in [-0.39, 0.29) is 39.8 Å². The Morgan fingerprint density at radius 2 is 1.53 bits per heavy atom. The third kappa shape index (κ3) is 8.09. The predicted octanol–water partition coefficient (Wildman–Crippen LogP) is 5.52. The van der Waals surface area contributed by atoms with Crippen LogP contribution in [0.2, 0.25) is 16.6 Å². The van der Waals surface area contributed by atoms with E-state index in [2.05, 4.69) is 41.5 Å². The third-order valence-corrected chi connectivity index (χ3v) is 14.6. The lowest BCUT2D eigenvalue weighted by atomic mass is 10.1. The van der Waals surface area contributed by atoms with Gasteiger partial charge >= 0.3 is 11.7 Å². The standard InChI is InChI=1S/C34H46N2O8Si/c1-25(2)45(26(3)4,27(5)6)43-23-34(22-42-32(38)29-15-11-8-12-16-29)21-40-20-31(44-34)35-18-17-30(37)36(33(35)39)24-41-19-28-13-9-7-10-14-28/h7-18,25-27,31H,19-24H2,1-6H3/t31-,34-/m1/s1. The predicted molar refractivity (Wildman–Crippen MR) is 174 cm³/mol. The Kier molecular flexibility index (Phi) is 11.7. The second-order valence-corrected chi connectivity index (χ2v) is 18.0. The Hall–Kier alpha value is -3.35. The van der Waals surface area contributed by atoms with Gasteiger partial charge in [0.25, 0.3) is 5.56 Å². The molecule has 0 radical (unpaired) electrons. The van der Waals surface area contributed by atoms with E-state index in [1.807, 2.05) is 36.4 Å². The maximum atomic E-state index is 13.6. The first-order chi connectivity index (χ1) is 21.5. The zero-order chi connectivity index (χ0) is 32.6. The molecule has 0 saturated carbocycles. The molecule has 10 nitrogen and oxygen atoms in total. The molecule has 2 atom stereocenters. The van der Waals surface area contributed by atoms with Crippen molar-refractivity contribution in [3.8, 4) is 0 Å². The van der Waals surface area contributed by atoms with Gasteiger partial charge in [0.05, 0.1) is 32.0 Å². The molecule has 1 aromatic heterocycles. The maximum absolute atomic E-state index is 13.6. The normalized spacial score (nSPS) is 18.9. The van der Waals surface area contributed by atoms with Gasteiger partial charge < -0.3 is 23.4 Å². The number of nitrogens with zero attached hydrogens (tertiary/aromatic N) is 2. The molecule has 1 aliphatic rings. The van der Waals surface area contributed by atoms with Crippen molar-refractivity contribution in [2.45, 2.75) is 83.3 Å². The molecule has 0 N–H and O–H groups in total. The quantitative estimate of drug-likeness (QED) is 0.168. The summed E-state index contributed by atoms with van der Waals surface area (Å²) in [5.74, 6) is -0.498. The summed E-state index contributed by atoms with van der Waals surface area (Å²) in [7, 11) is -2.36. The average Bonchev–Trinajstić information content (AvgIpc) is 3.02. The highest BCUT2D eigenvalue weighted by Gasteiger charge is 2.49. The van der Waals surface area contributed by atoms with Crippen molar-refractivity contribution in [1.29, 1.82) is 0 Å². The fourth-order valence-corrected chi connectivity index (χ4v) is 11.9. The van der Waals surface area contributed by atoms with Gasteiger partial charge in [-0.05, 0) is 34.3 Å². The van der Waals surface area contributed by atoms with Gasteiger partial charge in [0.1, 0.15) is 18.9 Å². The van der Waals surface area contributed by atoms with Gasteiger partial charge in [0.15, 0.2) is 14.5 Å². The molecule has 0 amide bonds. The first kappa shape index (κ1) is 34.5. The zero-order valence-electron chi connectivity index (χ0n) is 27.1. The molecule has 0 aliphatic carbocycles. The fourth-order valence-electron chi connectivity index (χ4n) is 6.34. The van der Waals surface area contributed by atoms with Crippen molar-refractivity contribution in [3.05, 3.63) is 105 Å². The van der Waals surface area contributed by atoms with E-state index in [1.165, 1.54) is 16.8 Å². The summed E-state index contributed by atoms with van der Waals surface area (Å²) >= 11 is 0. The van der Waals surface area contributed by atoms with Crippen molar-refractivity contribution in [1.82, 2.24) is 9.13 Å². The van der Waals surface area contributed by atoms with E-state index in [1.54, 1.807) is 24.3 Å². The van der Waals surface area contributed by atoms with Crippen LogP contribution in [-0.2, 0) is 36.7 Å². The van der Waals surface area contributed by atoms with Gasteiger partial charge in [-0.2, -0.15) is 0 Å². The molecule has 244 valence electrons. The van der Waals surface area contributed by atoms with E-state index in [0.717, 1.165) is 10.1 Å². The minimum atomic E-state index is -2.36. The number of carbonyl (C=O) groups is 1. The van der Waals surface area contributed by atoms with Crippen LogP contribution in [0.5, 0.6) is 0 Å². The summed E-state index contributed by atoms with van der Waals surface area (Å²) in [6.45, 7) is 13.3. The Balaban J connectivity index is 1.60. The lowest BCUT2D eigenvalue weighted by molar-refractivity contribution is -0.247. The number of carbonyl (C=O) groups excluding carboxylic acids is 1. The Labute approximate surface area is 266 Å². The monoisotopic (exact) mass is 638 g/mol. The van der Waals surface area contributed by atoms with Gasteiger partial charge in [0.2, 0.25) is 0 Å². The van der Waals surface area contributed by atoms with Gasteiger partial charge in [-0.3, -0.25) is 9.36 Å². The fraction of sp³-hybridized carbons (Fsp3) is 0.500. The Morgan fingerprint density at radius 3 is 2.16 bits per heavy atom. The van der Waals surface area contributed by atoms with Crippen molar-refractivity contribution in [2.75, 3.05) is 26.4 Å². The van der Waals surface area contributed by atoms with Crippen LogP contribution in [0.25, 0.3) is 0 Å². The number of aromatic nitrogens is 2. The molecule has 0 spiro atoms. The minimum absolute atomic E-state index is 0.0540. The van der Waals surface area contributed by atoms with E-state index in [9.17, 15) is 14.4 Å². The molecule has 0 bridgehead atoms. The number of benzene rings is 2. The van der Waals surface area contributed by atoms with Crippen LogP contribution in [0.1, 0.15) is 63.7 Å². The molecule has 2 heterocycles. The molecule has 2 aromatic carbocycles. The molecular weight excluding hydrogens is 592 g/mol. The molecule has 1 aliphatic heterocycles. The topological polar surface area (TPSA) is 107 Å². The SMILES string of the molecule is CC(C)[Si](OC[C@]1(COC(=O)c2ccccc2)COC[C@H](n2ccc(=O)n(COCc3ccccc3)c2=O)O1)(C(C)C)C(C)C. The van der Waals surface area contributed by atoms with Crippen LogP contribution in [-0.4, -0.2) is 55.4 Å². The summed E-state index contributed by atoms with van der Waals surface area (Å²) in [5.41, 5.74) is -0.0303. The van der Waals surface area contributed by atoms with Gasteiger partial charge in [-0.1, -0.05) is 90.1 Å². The zero-order valence-corrected chi connectivity index (χ0v) is 28.1. The van der Waals surface area contributed by atoms with Gasteiger partial charge in [-0.15, -0.1) is 0 Å². The summed E-state index contributed by atoms with van der Waals surface area (Å²) in [4.78, 5) is 39.3. The van der Waals surface area contributed by atoms with Crippen molar-refractivity contribution in [2.24, 2.45) is 0 Å². The first-order valence-electron chi connectivity index (χ1n) is 15.5. The summed E-state index contributed by atoms with van der Waals surface area (Å²) in [6, 6.07) is 19.5. The van der Waals surface area contributed by atoms with Crippen molar-refractivity contribution in [3.63, 3.8) is 0 Å². The number of esters is 1. The first-order valence-corrected chi connectivity index (χ1v) is 17.7. The second kappa shape index (κ2) is 15.3. The van der Waals surface area contributed by atoms with Gasteiger partial charge in [-0.25, -0.2) is 14.2 Å². The summed E-state index contributed by atoms with van der Waals surface area (Å²) in [5, 5.41) is 0. The summed E-state index contributed by atoms with van der Waals surface area (Å²) < 4.78 is 33.4. The number of rotatable bonds is 14. The highest BCUT2D eigenvalue weighted by molar-refractivity contribution is 6.77. The largest absolute Gasteiger partial charge is 0.459 e. The molecule has 0 unspecified atom stereocenters. The Morgan fingerprint density at radius 1 is 0.911 bits per heavy atom. The van der Waals surface area contributed by atoms with Crippen LogP contribution in [0.15, 0.2) is 82.5 Å². The van der Waals surface area contributed by atoms with Crippen LogP contribution >= 0.6 is 0 Å². The van der Waals surface area contributed by atoms with Crippen molar-refractivity contribution < 1.29 is 28.2 Å². The van der Waals surface area contributed by atoms with E-state index in [0.29, 0.717) is 22.2 Å². The highest BCUT2D eigenvalue weighted by Crippen LogP contribution is 2.43. The smallest absolute Gasteiger partial charge is 0.338 e. The third-order valence-electron chi connectivity index (χ3n) is 8.52. The Bertz CT molecular complexity index is 1480. The van der Waals surface area contributed by atoms with Crippen LogP contribution < -0.4 is 11.2 Å². The lowest BCUT2D eigenvalue weighted by Crippen LogP contribution is -2.58. The second-order valence-electron chi connectivity index (χ2n) is 12.6. The maximum Gasteiger partial charge on any atom is 0.338 e.